The number of nitrogens with one attached hydrogen (secondary N) is 2. The van der Waals surface area contributed by atoms with E-state index in [1.807, 2.05) is 0 Å². The third-order valence-electron chi connectivity index (χ3n) is 4.59. The minimum Gasteiger partial charge on any atom is -0.345 e. The van der Waals surface area contributed by atoms with E-state index in [1.165, 1.54) is 17.0 Å². The highest BCUT2D eigenvalue weighted by molar-refractivity contribution is 7.89. The quantitative estimate of drug-likeness (QED) is 0.835. The molecule has 2 unspecified atom stereocenters. The van der Waals surface area contributed by atoms with E-state index in [2.05, 4.69) is 10.0 Å². The number of benzene rings is 1. The number of hydrogen-bond acceptors (Lipinski definition) is 4. The Morgan fingerprint density at radius 3 is 2.42 bits per heavy atom. The second-order valence-electron chi connectivity index (χ2n) is 6.65. The predicted molar refractivity (Wildman–Crippen MR) is 95.0 cm³/mol. The highest BCUT2D eigenvalue weighted by Crippen LogP contribution is 2.27. The maximum absolute atomic E-state index is 12.6. The number of carbonyl (C=O) groups excluding carboxylic acids is 1. The Hall–Kier alpha value is -1.15. The number of fused-ring (bicyclic) bond motifs is 2. The molecule has 134 valence electrons. The molecule has 24 heavy (non-hydrogen) atoms. The van der Waals surface area contributed by atoms with Crippen LogP contribution in [0.4, 0.5) is 0 Å². The van der Waals surface area contributed by atoms with Crippen molar-refractivity contribution in [1.82, 2.24) is 14.9 Å². The number of amides is 1. The van der Waals surface area contributed by atoms with Gasteiger partial charge in [0.05, 0.1) is 4.90 Å². The first-order valence-electron chi connectivity index (χ1n) is 7.95. The summed E-state index contributed by atoms with van der Waals surface area (Å²) in [6.07, 6.45) is 3.89. The Morgan fingerprint density at radius 1 is 1.21 bits per heavy atom. The molecule has 8 heteroatoms. The molecule has 1 aromatic carbocycles. The topological polar surface area (TPSA) is 78.5 Å². The van der Waals surface area contributed by atoms with Crippen molar-refractivity contribution in [2.75, 3.05) is 14.1 Å². The van der Waals surface area contributed by atoms with Crippen LogP contribution in [0.1, 0.15) is 36.0 Å². The van der Waals surface area contributed by atoms with Crippen LogP contribution in [0.2, 0.25) is 0 Å². The minimum absolute atomic E-state index is 0. The summed E-state index contributed by atoms with van der Waals surface area (Å²) in [5.41, 5.74) is 0.378. The first-order chi connectivity index (χ1) is 10.8. The third kappa shape index (κ3) is 4.08. The molecule has 2 fully saturated rings. The highest BCUT2D eigenvalue weighted by atomic mass is 35.5. The lowest BCUT2D eigenvalue weighted by atomic mass is 10.0. The molecule has 0 saturated carbocycles. The van der Waals surface area contributed by atoms with Gasteiger partial charge < -0.3 is 10.2 Å². The van der Waals surface area contributed by atoms with Gasteiger partial charge in [0, 0.05) is 37.8 Å². The predicted octanol–water partition coefficient (Wildman–Crippen LogP) is 1.37. The number of piperidine rings is 1. The van der Waals surface area contributed by atoms with Crippen LogP contribution < -0.4 is 10.0 Å². The summed E-state index contributed by atoms with van der Waals surface area (Å²) in [5, 5.41) is 3.50. The smallest absolute Gasteiger partial charge is 0.253 e. The molecule has 2 heterocycles. The normalized spacial score (nSPS) is 25.8. The number of rotatable bonds is 4. The lowest BCUT2D eigenvalue weighted by molar-refractivity contribution is 0.0827. The summed E-state index contributed by atoms with van der Waals surface area (Å²) in [7, 11) is -0.318. The van der Waals surface area contributed by atoms with Gasteiger partial charge in [-0.3, -0.25) is 4.79 Å². The molecule has 0 aromatic heterocycles. The van der Waals surface area contributed by atoms with Gasteiger partial charge in [-0.25, -0.2) is 13.1 Å². The second kappa shape index (κ2) is 7.39. The Morgan fingerprint density at radius 2 is 1.83 bits per heavy atom. The van der Waals surface area contributed by atoms with E-state index in [9.17, 15) is 13.2 Å². The molecule has 2 bridgehead atoms. The number of carbonyl (C=O) groups is 1. The van der Waals surface area contributed by atoms with E-state index >= 15 is 0 Å². The van der Waals surface area contributed by atoms with Crippen LogP contribution in [0.3, 0.4) is 0 Å². The van der Waals surface area contributed by atoms with Crippen molar-refractivity contribution < 1.29 is 13.2 Å². The van der Waals surface area contributed by atoms with Gasteiger partial charge in [-0.05, 0) is 43.9 Å². The van der Waals surface area contributed by atoms with Crippen LogP contribution in [-0.2, 0) is 10.0 Å². The van der Waals surface area contributed by atoms with Crippen LogP contribution in [0, 0.1) is 0 Å². The maximum atomic E-state index is 12.6. The Kier molecular flexibility index (Phi) is 5.91. The van der Waals surface area contributed by atoms with Crippen LogP contribution in [0.15, 0.2) is 29.2 Å². The minimum atomic E-state index is -3.61. The molecule has 0 radical (unpaired) electrons. The summed E-state index contributed by atoms with van der Waals surface area (Å²) in [6.45, 7) is 0. The van der Waals surface area contributed by atoms with Gasteiger partial charge in [-0.15, -0.1) is 12.4 Å². The molecule has 0 spiro atoms. The molecule has 2 N–H and O–H groups in total. The zero-order chi connectivity index (χ0) is 16.6. The van der Waals surface area contributed by atoms with Crippen molar-refractivity contribution in [3.63, 3.8) is 0 Å². The number of sulfonamides is 1. The van der Waals surface area contributed by atoms with Gasteiger partial charge in [0.25, 0.3) is 5.91 Å². The molecule has 2 saturated heterocycles. The second-order valence-corrected chi connectivity index (χ2v) is 8.37. The molecule has 2 atom stereocenters. The van der Waals surface area contributed by atoms with E-state index in [0.29, 0.717) is 17.6 Å². The fourth-order valence-corrected chi connectivity index (χ4v) is 4.80. The van der Waals surface area contributed by atoms with Crippen molar-refractivity contribution in [2.45, 2.75) is 48.7 Å². The molecule has 3 rings (SSSR count). The van der Waals surface area contributed by atoms with Crippen molar-refractivity contribution in [1.29, 1.82) is 0 Å². The number of nitrogens with zero attached hydrogens (tertiary/aromatic N) is 1. The summed E-state index contributed by atoms with van der Waals surface area (Å²) >= 11 is 0. The van der Waals surface area contributed by atoms with Crippen molar-refractivity contribution in [3.05, 3.63) is 29.8 Å². The van der Waals surface area contributed by atoms with E-state index in [0.717, 1.165) is 25.7 Å². The van der Waals surface area contributed by atoms with Gasteiger partial charge in [-0.2, -0.15) is 0 Å². The Bertz CT molecular complexity index is 696. The van der Waals surface area contributed by atoms with E-state index in [-0.39, 0.29) is 29.3 Å². The van der Waals surface area contributed by atoms with Gasteiger partial charge in [0.2, 0.25) is 10.0 Å². The molecular weight excluding hydrogens is 350 g/mol. The van der Waals surface area contributed by atoms with E-state index < -0.39 is 10.0 Å². The lowest BCUT2D eigenvalue weighted by Gasteiger charge is -2.29. The van der Waals surface area contributed by atoms with Gasteiger partial charge in [0.1, 0.15) is 0 Å². The molecule has 1 amide bonds. The Balaban J connectivity index is 0.00000208. The standard InChI is InChI=1S/C16H23N3O3S.ClH/c1-19(2)16(20)11-4-3-5-15(8-11)23(21,22)18-14-9-12-6-7-13(10-14)17-12;/h3-5,8,12-14,17-18H,6-7,9-10H2,1-2H3;1H. The van der Waals surface area contributed by atoms with E-state index in [4.69, 9.17) is 0 Å². The molecule has 0 aliphatic carbocycles. The molecule has 2 aliphatic heterocycles. The SMILES string of the molecule is CN(C)C(=O)c1cccc(S(=O)(=O)NC2CC3CCC(C2)N3)c1.Cl. The lowest BCUT2D eigenvalue weighted by Crippen LogP contribution is -2.47. The zero-order valence-corrected chi connectivity index (χ0v) is 15.5. The van der Waals surface area contributed by atoms with Crippen LogP contribution in [0.5, 0.6) is 0 Å². The molecule has 1 aromatic rings. The van der Waals surface area contributed by atoms with Crippen molar-refractivity contribution in [2.24, 2.45) is 0 Å². The summed E-state index contributed by atoms with van der Waals surface area (Å²) < 4.78 is 28.1. The maximum Gasteiger partial charge on any atom is 0.253 e. The molecule has 6 nitrogen and oxygen atoms in total. The summed E-state index contributed by atoms with van der Waals surface area (Å²) in [4.78, 5) is 13.6. The fourth-order valence-electron chi connectivity index (χ4n) is 3.50. The average molecular weight is 374 g/mol. The van der Waals surface area contributed by atoms with Crippen molar-refractivity contribution in [3.8, 4) is 0 Å². The largest absolute Gasteiger partial charge is 0.345 e. The van der Waals surface area contributed by atoms with Gasteiger partial charge >= 0.3 is 0 Å². The monoisotopic (exact) mass is 373 g/mol. The first-order valence-corrected chi connectivity index (χ1v) is 9.43. The van der Waals surface area contributed by atoms with Gasteiger partial charge in [0.15, 0.2) is 0 Å². The third-order valence-corrected chi connectivity index (χ3v) is 6.11. The summed E-state index contributed by atoms with van der Waals surface area (Å²) in [6, 6.07) is 7.02. The Labute approximate surface area is 149 Å². The summed E-state index contributed by atoms with van der Waals surface area (Å²) in [5.74, 6) is -0.207. The molecular formula is C16H24ClN3O3S. The zero-order valence-electron chi connectivity index (χ0n) is 13.9. The van der Waals surface area contributed by atoms with Crippen LogP contribution in [-0.4, -0.2) is 51.4 Å². The van der Waals surface area contributed by atoms with Crippen molar-refractivity contribution >= 4 is 28.3 Å². The highest BCUT2D eigenvalue weighted by Gasteiger charge is 2.35. The van der Waals surface area contributed by atoms with Crippen LogP contribution in [0.25, 0.3) is 0 Å². The first kappa shape index (κ1) is 19.2. The van der Waals surface area contributed by atoms with Gasteiger partial charge in [-0.1, -0.05) is 6.07 Å². The average Bonchev–Trinajstić information content (AvgIpc) is 2.85. The molecule has 2 aliphatic rings. The van der Waals surface area contributed by atoms with E-state index in [1.54, 1.807) is 26.2 Å². The number of hydrogen-bond donors (Lipinski definition) is 2. The fraction of sp³-hybridized carbons (Fsp3) is 0.562. The van der Waals surface area contributed by atoms with Crippen LogP contribution >= 0.6 is 12.4 Å². The number of halogens is 1.